The molecule has 0 bridgehead atoms. The van der Waals surface area contributed by atoms with Gasteiger partial charge in [0.25, 0.3) is 0 Å². The Hall–Kier alpha value is -0.830. The van der Waals surface area contributed by atoms with Crippen molar-refractivity contribution in [2.75, 3.05) is 12.8 Å². The molecule has 0 aliphatic carbocycles. The molecule has 0 radical (unpaired) electrons. The number of carbonyl (C=O) groups excluding carboxylic acids is 1. The smallest absolute Gasteiger partial charge is 0.346 e. The number of carbonyl (C=O) groups is 1. The van der Waals surface area contributed by atoms with E-state index in [-0.39, 0.29) is 4.47 Å². The van der Waals surface area contributed by atoms with Gasteiger partial charge in [-0.25, -0.2) is 13.2 Å². The van der Waals surface area contributed by atoms with Crippen LogP contribution < -0.4 is 0 Å². The average Bonchev–Trinajstić information content (AvgIpc) is 2.02. The lowest BCUT2D eigenvalue weighted by Crippen LogP contribution is -2.36. The van der Waals surface area contributed by atoms with Crippen molar-refractivity contribution in [2.24, 2.45) is 0 Å². The highest BCUT2D eigenvalue weighted by molar-refractivity contribution is 7.88. The van der Waals surface area contributed by atoms with Crippen molar-refractivity contribution in [3.8, 4) is 0 Å². The standard InChI is InChI=1S/C5H8F3NO4S/c1-3-14(11,12)9(2)13-4(10)5(6,7)8/h3H2,1-2H3. The summed E-state index contributed by atoms with van der Waals surface area (Å²) < 4.78 is 56.4. The summed E-state index contributed by atoms with van der Waals surface area (Å²) in [5, 5.41) is 0. The van der Waals surface area contributed by atoms with Crippen molar-refractivity contribution in [3.63, 3.8) is 0 Å². The number of nitrogens with zero attached hydrogens (tertiary/aromatic N) is 1. The van der Waals surface area contributed by atoms with Gasteiger partial charge in [0, 0.05) is 7.05 Å². The lowest BCUT2D eigenvalue weighted by molar-refractivity contribution is -0.219. The van der Waals surface area contributed by atoms with Crippen LogP contribution in [0.4, 0.5) is 13.2 Å². The Balaban J connectivity index is 4.51. The molecular weight excluding hydrogens is 227 g/mol. The molecule has 0 aromatic carbocycles. The molecule has 0 aliphatic rings. The quantitative estimate of drug-likeness (QED) is 0.659. The van der Waals surface area contributed by atoms with E-state index < -0.39 is 27.9 Å². The fourth-order valence-corrected chi connectivity index (χ4v) is 0.952. The van der Waals surface area contributed by atoms with Crippen LogP contribution in [0, 0.1) is 0 Å². The Morgan fingerprint density at radius 2 is 1.86 bits per heavy atom. The van der Waals surface area contributed by atoms with Gasteiger partial charge in [0.1, 0.15) is 0 Å². The molecule has 0 heterocycles. The van der Waals surface area contributed by atoms with Crippen LogP contribution in [0.15, 0.2) is 0 Å². The fraction of sp³-hybridized carbons (Fsp3) is 0.800. The Kier molecular flexibility index (Phi) is 3.89. The minimum absolute atomic E-state index is 0.108. The Bertz CT molecular complexity index is 309. The second-order valence-corrected chi connectivity index (χ2v) is 4.44. The van der Waals surface area contributed by atoms with Crippen LogP contribution in [-0.4, -0.2) is 37.8 Å². The average molecular weight is 235 g/mol. The maximum atomic E-state index is 11.6. The third-order valence-electron chi connectivity index (χ3n) is 1.20. The van der Waals surface area contributed by atoms with E-state index in [0.29, 0.717) is 7.05 Å². The van der Waals surface area contributed by atoms with E-state index in [9.17, 15) is 26.4 Å². The molecule has 0 amide bonds. The predicted octanol–water partition coefficient (Wildman–Crippen LogP) is 0.288. The van der Waals surface area contributed by atoms with Gasteiger partial charge in [-0.1, -0.05) is 0 Å². The Morgan fingerprint density at radius 1 is 1.43 bits per heavy atom. The van der Waals surface area contributed by atoms with E-state index in [0.717, 1.165) is 0 Å². The largest absolute Gasteiger partial charge is 0.492 e. The van der Waals surface area contributed by atoms with E-state index in [1.165, 1.54) is 6.92 Å². The van der Waals surface area contributed by atoms with Crippen LogP contribution in [0.3, 0.4) is 0 Å². The maximum Gasteiger partial charge on any atom is 0.492 e. The van der Waals surface area contributed by atoms with Crippen molar-refractivity contribution < 1.29 is 31.2 Å². The third kappa shape index (κ3) is 3.50. The number of halogens is 3. The van der Waals surface area contributed by atoms with E-state index in [2.05, 4.69) is 4.84 Å². The van der Waals surface area contributed by atoms with Crippen LogP contribution in [0.1, 0.15) is 6.92 Å². The highest BCUT2D eigenvalue weighted by Crippen LogP contribution is 2.17. The molecule has 0 atom stereocenters. The summed E-state index contributed by atoms with van der Waals surface area (Å²) in [5.41, 5.74) is 0. The zero-order valence-corrected chi connectivity index (χ0v) is 8.15. The first-order valence-corrected chi connectivity index (χ1v) is 4.98. The number of alkyl halides is 3. The minimum Gasteiger partial charge on any atom is -0.346 e. The normalized spacial score (nSPS) is 13.0. The molecule has 14 heavy (non-hydrogen) atoms. The topological polar surface area (TPSA) is 63.7 Å². The van der Waals surface area contributed by atoms with Crippen LogP contribution in [0.25, 0.3) is 0 Å². The zero-order chi connectivity index (χ0) is 11.6. The molecule has 0 rings (SSSR count). The highest BCUT2D eigenvalue weighted by atomic mass is 32.2. The molecule has 0 aliphatic heterocycles. The van der Waals surface area contributed by atoms with E-state index in [1.54, 1.807) is 0 Å². The summed E-state index contributed by atoms with van der Waals surface area (Å²) in [6.45, 7) is 1.20. The number of hydroxylamine groups is 1. The minimum atomic E-state index is -5.21. The van der Waals surface area contributed by atoms with Crippen LogP contribution in [-0.2, 0) is 19.7 Å². The zero-order valence-electron chi connectivity index (χ0n) is 7.33. The van der Waals surface area contributed by atoms with Crippen LogP contribution >= 0.6 is 0 Å². The van der Waals surface area contributed by atoms with E-state index >= 15 is 0 Å². The van der Waals surface area contributed by atoms with Gasteiger partial charge in [-0.05, 0) is 11.4 Å². The first kappa shape index (κ1) is 13.2. The summed E-state index contributed by atoms with van der Waals surface area (Å²) >= 11 is 0. The molecule has 0 saturated carbocycles. The molecule has 0 saturated heterocycles. The highest BCUT2D eigenvalue weighted by Gasteiger charge is 2.43. The molecule has 0 spiro atoms. The van der Waals surface area contributed by atoms with Gasteiger partial charge in [-0.3, -0.25) is 0 Å². The Labute approximate surface area is 78.4 Å². The van der Waals surface area contributed by atoms with Crippen molar-refractivity contribution in [1.29, 1.82) is 0 Å². The lowest BCUT2D eigenvalue weighted by Gasteiger charge is -2.15. The van der Waals surface area contributed by atoms with Crippen molar-refractivity contribution in [2.45, 2.75) is 13.1 Å². The molecule has 0 N–H and O–H groups in total. The lowest BCUT2D eigenvalue weighted by atomic mass is 10.7. The van der Waals surface area contributed by atoms with Gasteiger partial charge >= 0.3 is 12.1 Å². The van der Waals surface area contributed by atoms with Crippen molar-refractivity contribution in [1.82, 2.24) is 4.47 Å². The number of hydrogen-bond donors (Lipinski definition) is 0. The molecule has 0 unspecified atom stereocenters. The van der Waals surface area contributed by atoms with Gasteiger partial charge in [0.15, 0.2) is 0 Å². The van der Waals surface area contributed by atoms with E-state index in [4.69, 9.17) is 0 Å². The molecule has 9 heteroatoms. The fourth-order valence-electron chi connectivity index (χ4n) is 0.407. The summed E-state index contributed by atoms with van der Waals surface area (Å²) in [4.78, 5) is 13.7. The van der Waals surface area contributed by atoms with Gasteiger partial charge in [0.05, 0.1) is 5.75 Å². The number of rotatable bonds is 3. The molecule has 0 aromatic rings. The van der Waals surface area contributed by atoms with Crippen LogP contribution in [0.5, 0.6) is 0 Å². The molecule has 0 fully saturated rings. The summed E-state index contributed by atoms with van der Waals surface area (Å²) in [6.07, 6.45) is -5.21. The second-order valence-electron chi connectivity index (χ2n) is 2.19. The predicted molar refractivity (Wildman–Crippen MR) is 39.4 cm³/mol. The summed E-state index contributed by atoms with van der Waals surface area (Å²) in [5.74, 6) is -3.04. The van der Waals surface area contributed by atoms with Gasteiger partial charge in [-0.15, -0.1) is 0 Å². The third-order valence-corrected chi connectivity index (χ3v) is 2.79. The van der Waals surface area contributed by atoms with Gasteiger partial charge < -0.3 is 4.84 Å². The number of sulfonamides is 1. The van der Waals surface area contributed by atoms with Gasteiger partial charge in [-0.2, -0.15) is 13.2 Å². The molecular formula is C5H8F3NO4S. The van der Waals surface area contributed by atoms with Crippen molar-refractivity contribution in [3.05, 3.63) is 0 Å². The van der Waals surface area contributed by atoms with E-state index in [1.807, 2.05) is 0 Å². The molecule has 84 valence electrons. The SMILES string of the molecule is CCS(=O)(=O)N(C)OC(=O)C(F)(F)F. The first-order valence-electron chi connectivity index (χ1n) is 3.37. The monoisotopic (exact) mass is 235 g/mol. The second kappa shape index (κ2) is 4.13. The number of hydrogen-bond acceptors (Lipinski definition) is 4. The summed E-state index contributed by atoms with van der Waals surface area (Å²) in [7, 11) is -3.25. The first-order chi connectivity index (χ1) is 6.11. The van der Waals surface area contributed by atoms with Crippen LogP contribution in [0.2, 0.25) is 0 Å². The summed E-state index contributed by atoms with van der Waals surface area (Å²) in [6, 6.07) is 0. The maximum absolute atomic E-state index is 11.6. The Morgan fingerprint density at radius 3 is 2.14 bits per heavy atom. The molecule has 5 nitrogen and oxygen atoms in total. The molecule has 0 aromatic heterocycles. The van der Waals surface area contributed by atoms with Crippen molar-refractivity contribution >= 4 is 16.0 Å². The van der Waals surface area contributed by atoms with Gasteiger partial charge in [0.2, 0.25) is 10.0 Å².